The molecule has 96 valence electrons. The van der Waals surface area contributed by atoms with E-state index in [9.17, 15) is 0 Å². The van der Waals surface area contributed by atoms with Crippen molar-refractivity contribution in [3.8, 4) is 0 Å². The molecule has 0 saturated carbocycles. The van der Waals surface area contributed by atoms with Crippen molar-refractivity contribution >= 4 is 11.6 Å². The summed E-state index contributed by atoms with van der Waals surface area (Å²) >= 11 is 6.18. The third-order valence-corrected chi connectivity index (χ3v) is 3.72. The highest BCUT2D eigenvalue weighted by Crippen LogP contribution is 2.21. The van der Waals surface area contributed by atoms with E-state index >= 15 is 0 Å². The van der Waals surface area contributed by atoms with Gasteiger partial charge < -0.3 is 14.4 Å². The number of ether oxygens (including phenoxy) is 2. The molecule has 2 unspecified atom stereocenters. The Morgan fingerprint density at radius 1 is 1.31 bits per heavy atom. The lowest BCUT2D eigenvalue weighted by molar-refractivity contribution is 0.0734. The molecule has 0 aromatic carbocycles. The lowest BCUT2D eigenvalue weighted by atomic mass is 10.00. The second kappa shape index (κ2) is 8.29. The third-order valence-electron chi connectivity index (χ3n) is 3.07. The topological polar surface area (TPSA) is 21.7 Å². The number of methoxy groups -OCH3 is 1. The van der Waals surface area contributed by atoms with E-state index in [1.165, 1.54) is 0 Å². The minimum Gasteiger partial charge on any atom is -0.385 e. The maximum Gasteiger partial charge on any atom is 0.0593 e. The second-order valence-corrected chi connectivity index (χ2v) is 5.10. The average Bonchev–Trinajstić information content (AvgIpc) is 2.28. The smallest absolute Gasteiger partial charge is 0.0593 e. The first-order valence-electron chi connectivity index (χ1n) is 6.17. The quantitative estimate of drug-likeness (QED) is 0.509. The summed E-state index contributed by atoms with van der Waals surface area (Å²) in [5.41, 5.74) is 0. The third kappa shape index (κ3) is 5.48. The van der Waals surface area contributed by atoms with Gasteiger partial charge in [-0.25, -0.2) is 0 Å². The molecule has 3 nitrogen and oxygen atoms in total. The first-order valence-corrected chi connectivity index (χ1v) is 6.60. The number of piperidine rings is 1. The van der Waals surface area contributed by atoms with E-state index < -0.39 is 0 Å². The standard InChI is InChI=1S/C12H24ClNO2/c1-11-10-14(5-4-12(11)13)6-9-16-8-3-7-15-2/h11-12H,3-10H2,1-2H3. The number of hydrogen-bond donors (Lipinski definition) is 0. The van der Waals surface area contributed by atoms with Gasteiger partial charge in [-0.15, -0.1) is 11.6 Å². The fourth-order valence-electron chi connectivity index (χ4n) is 2.01. The normalized spacial score (nSPS) is 27.2. The number of rotatable bonds is 7. The molecule has 1 saturated heterocycles. The molecule has 1 aliphatic heterocycles. The Morgan fingerprint density at radius 3 is 2.81 bits per heavy atom. The van der Waals surface area contributed by atoms with Gasteiger partial charge in [-0.3, -0.25) is 0 Å². The molecule has 0 radical (unpaired) electrons. The van der Waals surface area contributed by atoms with Crippen molar-refractivity contribution in [2.24, 2.45) is 5.92 Å². The van der Waals surface area contributed by atoms with Crippen molar-refractivity contribution in [3.63, 3.8) is 0 Å². The van der Waals surface area contributed by atoms with E-state index in [0.717, 1.165) is 52.3 Å². The van der Waals surface area contributed by atoms with Gasteiger partial charge in [-0.2, -0.15) is 0 Å². The summed E-state index contributed by atoms with van der Waals surface area (Å²) in [6.07, 6.45) is 2.09. The predicted octanol–water partition coefficient (Wildman–Crippen LogP) is 1.99. The van der Waals surface area contributed by atoms with E-state index in [-0.39, 0.29) is 0 Å². The van der Waals surface area contributed by atoms with Gasteiger partial charge in [0.2, 0.25) is 0 Å². The Labute approximate surface area is 104 Å². The van der Waals surface area contributed by atoms with E-state index in [1.54, 1.807) is 7.11 Å². The fraction of sp³-hybridized carbons (Fsp3) is 1.00. The molecule has 1 aliphatic rings. The van der Waals surface area contributed by atoms with Crippen LogP contribution in [0, 0.1) is 5.92 Å². The zero-order valence-electron chi connectivity index (χ0n) is 10.5. The monoisotopic (exact) mass is 249 g/mol. The molecule has 0 bridgehead atoms. The van der Waals surface area contributed by atoms with Gasteiger partial charge in [-0.05, 0) is 25.3 Å². The van der Waals surface area contributed by atoms with Crippen molar-refractivity contribution in [2.75, 3.05) is 46.6 Å². The highest BCUT2D eigenvalue weighted by molar-refractivity contribution is 6.20. The zero-order chi connectivity index (χ0) is 11.8. The number of halogens is 1. The van der Waals surface area contributed by atoms with E-state index in [2.05, 4.69) is 11.8 Å². The summed E-state index contributed by atoms with van der Waals surface area (Å²) in [4.78, 5) is 2.44. The van der Waals surface area contributed by atoms with Crippen LogP contribution in [0.1, 0.15) is 19.8 Å². The molecule has 1 heterocycles. The SMILES string of the molecule is COCCCOCCN1CCC(Cl)C(C)C1. The summed E-state index contributed by atoms with van der Waals surface area (Å²) in [6, 6.07) is 0. The Balaban J connectivity index is 1.97. The predicted molar refractivity (Wildman–Crippen MR) is 67.2 cm³/mol. The van der Waals surface area contributed by atoms with Crippen LogP contribution in [-0.2, 0) is 9.47 Å². The lowest BCUT2D eigenvalue weighted by Gasteiger charge is -2.33. The van der Waals surface area contributed by atoms with Crippen LogP contribution in [0.15, 0.2) is 0 Å². The lowest BCUT2D eigenvalue weighted by Crippen LogP contribution is -2.41. The fourth-order valence-corrected chi connectivity index (χ4v) is 2.18. The van der Waals surface area contributed by atoms with Gasteiger partial charge in [0.1, 0.15) is 0 Å². The molecule has 16 heavy (non-hydrogen) atoms. The van der Waals surface area contributed by atoms with E-state index in [0.29, 0.717) is 11.3 Å². The van der Waals surface area contributed by atoms with Crippen LogP contribution in [-0.4, -0.2) is 56.8 Å². The summed E-state index contributed by atoms with van der Waals surface area (Å²) in [5, 5.41) is 0.360. The van der Waals surface area contributed by atoms with Crippen LogP contribution in [0.3, 0.4) is 0 Å². The molecule has 0 aromatic rings. The van der Waals surface area contributed by atoms with Crippen molar-refractivity contribution in [1.82, 2.24) is 4.90 Å². The second-order valence-electron chi connectivity index (χ2n) is 4.54. The molecule has 1 fully saturated rings. The average molecular weight is 250 g/mol. The minimum absolute atomic E-state index is 0.360. The van der Waals surface area contributed by atoms with Crippen molar-refractivity contribution in [2.45, 2.75) is 25.1 Å². The van der Waals surface area contributed by atoms with Gasteiger partial charge in [0, 0.05) is 38.8 Å². The Hall–Kier alpha value is 0.170. The number of likely N-dealkylation sites (tertiary alicyclic amines) is 1. The van der Waals surface area contributed by atoms with Gasteiger partial charge in [0.15, 0.2) is 0 Å². The molecule has 0 spiro atoms. The summed E-state index contributed by atoms with van der Waals surface area (Å²) in [6.45, 7) is 7.88. The van der Waals surface area contributed by atoms with Crippen LogP contribution in [0.2, 0.25) is 0 Å². The van der Waals surface area contributed by atoms with Crippen LogP contribution in [0.25, 0.3) is 0 Å². The molecular formula is C12H24ClNO2. The number of alkyl halides is 1. The molecule has 4 heteroatoms. The van der Waals surface area contributed by atoms with Crippen molar-refractivity contribution in [3.05, 3.63) is 0 Å². The number of hydrogen-bond acceptors (Lipinski definition) is 3. The molecular weight excluding hydrogens is 226 g/mol. The summed E-state index contributed by atoms with van der Waals surface area (Å²) in [5.74, 6) is 0.601. The van der Waals surface area contributed by atoms with Crippen molar-refractivity contribution in [1.29, 1.82) is 0 Å². The molecule has 0 aromatic heterocycles. The van der Waals surface area contributed by atoms with E-state index in [1.807, 2.05) is 0 Å². The van der Waals surface area contributed by atoms with Crippen molar-refractivity contribution < 1.29 is 9.47 Å². The maximum atomic E-state index is 6.18. The summed E-state index contributed by atoms with van der Waals surface area (Å²) in [7, 11) is 1.72. The van der Waals surface area contributed by atoms with Gasteiger partial charge in [0.25, 0.3) is 0 Å². The van der Waals surface area contributed by atoms with Crippen LogP contribution >= 0.6 is 11.6 Å². The molecule has 0 N–H and O–H groups in total. The molecule has 0 aliphatic carbocycles. The van der Waals surface area contributed by atoms with Gasteiger partial charge in [-0.1, -0.05) is 6.92 Å². The highest BCUT2D eigenvalue weighted by atomic mass is 35.5. The van der Waals surface area contributed by atoms with Gasteiger partial charge in [0.05, 0.1) is 6.61 Å². The maximum absolute atomic E-state index is 6.18. The molecule has 0 amide bonds. The first kappa shape index (κ1) is 14.2. The van der Waals surface area contributed by atoms with Crippen LogP contribution in [0.4, 0.5) is 0 Å². The molecule has 1 rings (SSSR count). The van der Waals surface area contributed by atoms with E-state index in [4.69, 9.17) is 21.1 Å². The zero-order valence-corrected chi connectivity index (χ0v) is 11.2. The Kier molecular flexibility index (Phi) is 7.37. The highest BCUT2D eigenvalue weighted by Gasteiger charge is 2.23. The largest absolute Gasteiger partial charge is 0.385 e. The molecule has 2 atom stereocenters. The minimum atomic E-state index is 0.360. The first-order chi connectivity index (χ1) is 7.74. The van der Waals surface area contributed by atoms with Crippen LogP contribution in [0.5, 0.6) is 0 Å². The Morgan fingerprint density at radius 2 is 2.12 bits per heavy atom. The Bertz CT molecular complexity index is 180. The van der Waals surface area contributed by atoms with Crippen LogP contribution < -0.4 is 0 Å². The van der Waals surface area contributed by atoms with Gasteiger partial charge >= 0.3 is 0 Å². The summed E-state index contributed by atoms with van der Waals surface area (Å²) < 4.78 is 10.5. The number of nitrogens with zero attached hydrogens (tertiary/aromatic N) is 1.